The fraction of sp³-hybridized carbons (Fsp3) is 0.529. The van der Waals surface area contributed by atoms with Gasteiger partial charge in [-0.05, 0) is 35.2 Å². The van der Waals surface area contributed by atoms with Gasteiger partial charge in [-0.25, -0.2) is 4.79 Å². The maximum atomic E-state index is 12.5. The van der Waals surface area contributed by atoms with Gasteiger partial charge in [0.25, 0.3) is 0 Å². The van der Waals surface area contributed by atoms with Crippen LogP contribution < -0.4 is 5.32 Å². The lowest BCUT2D eigenvalue weighted by Crippen LogP contribution is -2.53. The molecule has 0 saturated carbocycles. The molecule has 2 atom stereocenters. The van der Waals surface area contributed by atoms with E-state index in [0.29, 0.717) is 32.2 Å². The first-order valence-electron chi connectivity index (χ1n) is 8.16. The van der Waals surface area contributed by atoms with Crippen molar-refractivity contribution in [2.45, 2.75) is 25.4 Å². The molecule has 1 aliphatic rings. The number of hydrogen-bond acceptors (Lipinski definition) is 4. The minimum atomic E-state index is -0.511. The molecule has 0 spiro atoms. The van der Waals surface area contributed by atoms with E-state index in [1.54, 1.807) is 22.2 Å². The lowest BCUT2D eigenvalue weighted by molar-refractivity contribution is -0.0906. The van der Waals surface area contributed by atoms with Crippen molar-refractivity contribution >= 4 is 17.4 Å². The Bertz CT molecular complexity index is 685. The summed E-state index contributed by atoms with van der Waals surface area (Å²) in [4.78, 5) is 14.4. The molecule has 7 heteroatoms. The third-order valence-corrected chi connectivity index (χ3v) is 5.25. The highest BCUT2D eigenvalue weighted by atomic mass is 32.1. The number of hydrogen-bond donors (Lipinski definition) is 1. The van der Waals surface area contributed by atoms with Gasteiger partial charge in [-0.3, -0.25) is 4.68 Å². The maximum absolute atomic E-state index is 12.5. The highest BCUT2D eigenvalue weighted by Crippen LogP contribution is 2.29. The third kappa shape index (κ3) is 3.62. The van der Waals surface area contributed by atoms with E-state index in [1.165, 1.54) is 5.56 Å². The highest BCUT2D eigenvalue weighted by molar-refractivity contribution is 7.07. The molecule has 0 unspecified atom stereocenters. The number of carbonyl (C=O) groups is 1. The molecule has 1 N–H and O–H groups in total. The molecule has 1 fully saturated rings. The summed E-state index contributed by atoms with van der Waals surface area (Å²) in [5, 5.41) is 11.5. The van der Waals surface area contributed by atoms with E-state index in [9.17, 15) is 4.79 Å². The Morgan fingerprint density at radius 3 is 3.08 bits per heavy atom. The summed E-state index contributed by atoms with van der Waals surface area (Å²) in [6, 6.07) is 2.07. The van der Waals surface area contributed by atoms with Gasteiger partial charge < -0.3 is 15.0 Å². The van der Waals surface area contributed by atoms with Crippen molar-refractivity contribution < 1.29 is 9.53 Å². The van der Waals surface area contributed by atoms with Gasteiger partial charge in [0.1, 0.15) is 5.60 Å². The molecule has 3 rings (SSSR count). The van der Waals surface area contributed by atoms with Crippen LogP contribution in [-0.4, -0.2) is 47.0 Å². The third-order valence-electron chi connectivity index (χ3n) is 4.55. The van der Waals surface area contributed by atoms with Gasteiger partial charge in [0.15, 0.2) is 0 Å². The monoisotopic (exact) mass is 348 g/mol. The van der Waals surface area contributed by atoms with Gasteiger partial charge >= 0.3 is 6.03 Å². The van der Waals surface area contributed by atoms with Crippen molar-refractivity contribution in [3.05, 3.63) is 40.3 Å². The topological polar surface area (TPSA) is 59.4 Å². The number of carbonyl (C=O) groups excluding carboxylic acids is 1. The zero-order chi connectivity index (χ0) is 17.2. The molecule has 3 heterocycles. The van der Waals surface area contributed by atoms with Crippen molar-refractivity contribution in [1.82, 2.24) is 20.0 Å². The molecule has 0 aromatic carbocycles. The molecular formula is C17H24N4O2S. The average Bonchev–Trinajstić information content (AvgIpc) is 3.24. The van der Waals surface area contributed by atoms with Crippen LogP contribution >= 0.6 is 11.3 Å². The number of thiophene rings is 1. The molecule has 1 aliphatic heterocycles. The van der Waals surface area contributed by atoms with Gasteiger partial charge in [-0.15, -0.1) is 0 Å². The summed E-state index contributed by atoms with van der Waals surface area (Å²) in [5.41, 5.74) is 1.75. The molecule has 2 aromatic rings. The van der Waals surface area contributed by atoms with Crippen LogP contribution in [0.15, 0.2) is 29.2 Å². The second-order valence-corrected chi connectivity index (χ2v) is 7.33. The van der Waals surface area contributed by atoms with Crippen molar-refractivity contribution in [3.63, 3.8) is 0 Å². The van der Waals surface area contributed by atoms with Crippen LogP contribution in [0.2, 0.25) is 0 Å². The van der Waals surface area contributed by atoms with E-state index < -0.39 is 5.60 Å². The number of aryl methyl sites for hydroxylation is 1. The van der Waals surface area contributed by atoms with Crippen LogP contribution in [0.25, 0.3) is 0 Å². The summed E-state index contributed by atoms with van der Waals surface area (Å²) in [7, 11) is 1.88. The van der Waals surface area contributed by atoms with Crippen molar-refractivity contribution in [3.8, 4) is 0 Å². The largest absolute Gasteiger partial charge is 0.367 e. The summed E-state index contributed by atoms with van der Waals surface area (Å²) in [6.45, 7) is 6.43. The predicted molar refractivity (Wildman–Crippen MR) is 94.2 cm³/mol. The van der Waals surface area contributed by atoms with E-state index in [0.717, 1.165) is 5.56 Å². The summed E-state index contributed by atoms with van der Waals surface area (Å²) < 4.78 is 7.71. The van der Waals surface area contributed by atoms with Crippen molar-refractivity contribution in [2.24, 2.45) is 7.05 Å². The lowest BCUT2D eigenvalue weighted by Gasteiger charge is -2.40. The summed E-state index contributed by atoms with van der Waals surface area (Å²) >= 11 is 1.68. The zero-order valence-corrected chi connectivity index (χ0v) is 15.2. The normalized spacial score (nSPS) is 22.4. The van der Waals surface area contributed by atoms with E-state index in [-0.39, 0.29) is 6.03 Å². The quantitative estimate of drug-likeness (QED) is 0.924. The number of urea groups is 1. The maximum Gasteiger partial charge on any atom is 0.317 e. The first-order chi connectivity index (χ1) is 11.5. The number of rotatable bonds is 4. The number of nitrogens with zero attached hydrogens (tertiary/aromatic N) is 3. The van der Waals surface area contributed by atoms with Crippen molar-refractivity contribution in [1.29, 1.82) is 0 Å². The SMILES string of the molecule is C[C@@H](CNC(=O)N1CCO[C@](C)(c2cnn(C)c2)C1)c1ccsc1. The number of morpholine rings is 1. The van der Waals surface area contributed by atoms with Gasteiger partial charge in [0.05, 0.1) is 19.3 Å². The van der Waals surface area contributed by atoms with Crippen LogP contribution in [0.5, 0.6) is 0 Å². The van der Waals surface area contributed by atoms with Gasteiger partial charge in [0.2, 0.25) is 0 Å². The van der Waals surface area contributed by atoms with Crippen LogP contribution in [0.4, 0.5) is 4.79 Å². The molecule has 24 heavy (non-hydrogen) atoms. The van der Waals surface area contributed by atoms with Crippen LogP contribution in [0, 0.1) is 0 Å². The van der Waals surface area contributed by atoms with E-state index in [1.807, 2.05) is 25.1 Å². The Kier molecular flexibility index (Phi) is 4.91. The van der Waals surface area contributed by atoms with E-state index >= 15 is 0 Å². The number of amides is 2. The van der Waals surface area contributed by atoms with E-state index in [4.69, 9.17) is 4.74 Å². The average molecular weight is 348 g/mol. The standard InChI is InChI=1S/C17H24N4O2S/c1-13(14-4-7-24-11-14)8-18-16(22)21-5-6-23-17(2,12-21)15-9-19-20(3)10-15/h4,7,9-11,13H,5-6,8,12H2,1-3H3,(H,18,22)/t13-,17-/m0/s1. The second-order valence-electron chi connectivity index (χ2n) is 6.55. The molecule has 1 saturated heterocycles. The van der Waals surface area contributed by atoms with Crippen LogP contribution in [-0.2, 0) is 17.4 Å². The Morgan fingerprint density at radius 2 is 2.42 bits per heavy atom. The smallest absolute Gasteiger partial charge is 0.317 e. The van der Waals surface area contributed by atoms with Crippen LogP contribution in [0.1, 0.15) is 30.9 Å². The van der Waals surface area contributed by atoms with Gasteiger partial charge in [0, 0.05) is 31.9 Å². The first-order valence-corrected chi connectivity index (χ1v) is 9.10. The molecule has 2 aromatic heterocycles. The second kappa shape index (κ2) is 6.94. The molecule has 6 nitrogen and oxygen atoms in total. The molecular weight excluding hydrogens is 324 g/mol. The Hall–Kier alpha value is -1.86. The Labute approximate surface area is 146 Å². The fourth-order valence-electron chi connectivity index (χ4n) is 2.94. The molecule has 0 aliphatic carbocycles. The highest BCUT2D eigenvalue weighted by Gasteiger charge is 2.36. The zero-order valence-electron chi connectivity index (χ0n) is 14.4. The molecule has 130 valence electrons. The van der Waals surface area contributed by atoms with Gasteiger partial charge in [-0.2, -0.15) is 16.4 Å². The minimum absolute atomic E-state index is 0.0319. The summed E-state index contributed by atoms with van der Waals surface area (Å²) in [5.74, 6) is 0.311. The fourth-order valence-corrected chi connectivity index (χ4v) is 3.72. The Balaban J connectivity index is 1.59. The Morgan fingerprint density at radius 1 is 1.58 bits per heavy atom. The molecule has 0 radical (unpaired) electrons. The summed E-state index contributed by atoms with van der Waals surface area (Å²) in [6.07, 6.45) is 3.75. The molecule has 0 bridgehead atoms. The predicted octanol–water partition coefficient (Wildman–Crippen LogP) is 2.54. The number of ether oxygens (including phenoxy) is 1. The lowest BCUT2D eigenvalue weighted by atomic mass is 9.97. The number of nitrogens with one attached hydrogen (secondary N) is 1. The molecule has 2 amide bonds. The van der Waals surface area contributed by atoms with Crippen molar-refractivity contribution in [2.75, 3.05) is 26.2 Å². The van der Waals surface area contributed by atoms with Crippen LogP contribution in [0.3, 0.4) is 0 Å². The van der Waals surface area contributed by atoms with E-state index in [2.05, 4.69) is 34.2 Å². The number of aromatic nitrogens is 2. The van der Waals surface area contributed by atoms with Gasteiger partial charge in [-0.1, -0.05) is 6.92 Å². The first kappa shape index (κ1) is 17.0. The minimum Gasteiger partial charge on any atom is -0.367 e.